The van der Waals surface area contributed by atoms with Crippen LogP contribution in [-0.2, 0) is 0 Å². The topological polar surface area (TPSA) is 40.5 Å². The summed E-state index contributed by atoms with van der Waals surface area (Å²) in [7, 11) is -2.46. The van der Waals surface area contributed by atoms with Crippen LogP contribution in [0.4, 0.5) is 0 Å². The molecule has 0 heterocycles. The van der Waals surface area contributed by atoms with Gasteiger partial charge >= 0.3 is 9.28 Å². The molecule has 0 saturated heterocycles. The van der Waals surface area contributed by atoms with E-state index in [2.05, 4.69) is 18.2 Å². The van der Waals surface area contributed by atoms with Crippen LogP contribution in [0.25, 0.3) is 21.9 Å². The second kappa shape index (κ2) is 4.97. The van der Waals surface area contributed by atoms with Crippen molar-refractivity contribution in [3.63, 3.8) is 0 Å². The first-order chi connectivity index (χ1) is 9.27. The van der Waals surface area contributed by atoms with Crippen molar-refractivity contribution in [2.75, 3.05) is 0 Å². The van der Waals surface area contributed by atoms with Crippen LogP contribution in [0.3, 0.4) is 0 Å². The molecule has 0 saturated carbocycles. The minimum absolute atomic E-state index is 0.629. The third-order valence-electron chi connectivity index (χ3n) is 3.25. The van der Waals surface area contributed by atoms with Crippen molar-refractivity contribution in [3.8, 4) is 11.1 Å². The van der Waals surface area contributed by atoms with Crippen molar-refractivity contribution < 1.29 is 9.59 Å². The molecule has 0 aliphatic carbocycles. The van der Waals surface area contributed by atoms with Crippen LogP contribution in [0.15, 0.2) is 66.7 Å². The molecule has 1 radical (unpaired) electrons. The molecule has 0 fully saturated rings. The zero-order valence-electron chi connectivity index (χ0n) is 10.2. The lowest BCUT2D eigenvalue weighted by molar-refractivity contribution is 0.426. The Morgan fingerprint density at radius 1 is 0.632 bits per heavy atom. The predicted octanol–water partition coefficient (Wildman–Crippen LogP) is 2.19. The Morgan fingerprint density at radius 3 is 2.11 bits per heavy atom. The Balaban J connectivity index is 2.31. The smallest absolute Gasteiger partial charge is 0.406 e. The van der Waals surface area contributed by atoms with E-state index in [9.17, 15) is 9.59 Å². The second-order valence-electron chi connectivity index (χ2n) is 4.40. The first-order valence-corrected chi connectivity index (χ1v) is 7.49. The van der Waals surface area contributed by atoms with Gasteiger partial charge in [0.25, 0.3) is 0 Å². The molecule has 0 aliphatic rings. The van der Waals surface area contributed by atoms with Crippen molar-refractivity contribution in [2.45, 2.75) is 0 Å². The standard InChI is InChI=1S/C16H13O2Si/c17-19(18)16-11-4-3-9-15(16)14-10-5-7-12-6-1-2-8-13(12)14/h1-11,17-18H. The van der Waals surface area contributed by atoms with Gasteiger partial charge in [0, 0.05) is 5.19 Å². The molecular formula is C16H13O2Si. The van der Waals surface area contributed by atoms with E-state index in [1.54, 1.807) is 6.07 Å². The highest BCUT2D eigenvalue weighted by Gasteiger charge is 2.15. The first-order valence-electron chi connectivity index (χ1n) is 6.10. The van der Waals surface area contributed by atoms with Crippen LogP contribution in [0.5, 0.6) is 0 Å². The molecule has 0 aromatic heterocycles. The molecule has 3 rings (SSSR count). The average molecular weight is 265 g/mol. The first kappa shape index (κ1) is 12.1. The summed E-state index contributed by atoms with van der Waals surface area (Å²) in [5.41, 5.74) is 1.94. The second-order valence-corrected chi connectivity index (χ2v) is 5.58. The van der Waals surface area contributed by atoms with E-state index in [1.807, 2.05) is 42.5 Å². The van der Waals surface area contributed by atoms with Gasteiger partial charge in [0.15, 0.2) is 0 Å². The minimum atomic E-state index is -2.46. The van der Waals surface area contributed by atoms with Gasteiger partial charge in [-0.1, -0.05) is 66.7 Å². The van der Waals surface area contributed by atoms with E-state index in [4.69, 9.17) is 0 Å². The van der Waals surface area contributed by atoms with Gasteiger partial charge in [0.2, 0.25) is 0 Å². The maximum Gasteiger partial charge on any atom is 0.418 e. The van der Waals surface area contributed by atoms with Crippen molar-refractivity contribution in [3.05, 3.63) is 66.7 Å². The summed E-state index contributed by atoms with van der Waals surface area (Å²) >= 11 is 0. The van der Waals surface area contributed by atoms with Gasteiger partial charge in [0.05, 0.1) is 0 Å². The number of hydrogen-bond acceptors (Lipinski definition) is 2. The largest absolute Gasteiger partial charge is 0.418 e. The summed E-state index contributed by atoms with van der Waals surface area (Å²) in [5.74, 6) is 0. The fraction of sp³-hybridized carbons (Fsp3) is 0. The molecule has 93 valence electrons. The van der Waals surface area contributed by atoms with Crippen molar-refractivity contribution in [2.24, 2.45) is 0 Å². The Bertz CT molecular complexity index is 717. The fourth-order valence-electron chi connectivity index (χ4n) is 2.37. The molecule has 3 aromatic rings. The van der Waals surface area contributed by atoms with E-state index in [1.165, 1.54) is 0 Å². The number of fused-ring (bicyclic) bond motifs is 1. The number of benzene rings is 3. The Kier molecular flexibility index (Phi) is 3.17. The summed E-state index contributed by atoms with van der Waals surface area (Å²) in [6.45, 7) is 0. The molecule has 0 unspecified atom stereocenters. The van der Waals surface area contributed by atoms with Crippen LogP contribution in [0, 0.1) is 0 Å². The molecule has 2 nitrogen and oxygen atoms in total. The summed E-state index contributed by atoms with van der Waals surface area (Å²) in [5, 5.41) is 2.91. The predicted molar refractivity (Wildman–Crippen MR) is 79.2 cm³/mol. The lowest BCUT2D eigenvalue weighted by Crippen LogP contribution is -2.31. The number of rotatable bonds is 2. The molecule has 0 amide bonds. The summed E-state index contributed by atoms with van der Waals surface area (Å²) in [6, 6.07) is 21.7. The highest BCUT2D eigenvalue weighted by atomic mass is 28.3. The molecule has 0 spiro atoms. The maximum atomic E-state index is 9.60. The van der Waals surface area contributed by atoms with Crippen molar-refractivity contribution >= 4 is 25.2 Å². The molecule has 3 aromatic carbocycles. The Labute approximate surface area is 113 Å². The fourth-order valence-corrected chi connectivity index (χ4v) is 3.08. The van der Waals surface area contributed by atoms with Crippen LogP contribution >= 0.6 is 0 Å². The third-order valence-corrected chi connectivity index (χ3v) is 4.17. The molecule has 19 heavy (non-hydrogen) atoms. The van der Waals surface area contributed by atoms with Crippen LogP contribution in [-0.4, -0.2) is 18.9 Å². The normalized spacial score (nSPS) is 11.1. The van der Waals surface area contributed by atoms with Gasteiger partial charge in [-0.3, -0.25) is 0 Å². The van der Waals surface area contributed by atoms with Crippen molar-refractivity contribution in [1.29, 1.82) is 0 Å². The van der Waals surface area contributed by atoms with Crippen LogP contribution < -0.4 is 5.19 Å². The minimum Gasteiger partial charge on any atom is -0.406 e. The molecule has 0 bridgehead atoms. The molecule has 0 aliphatic heterocycles. The molecule has 3 heteroatoms. The Morgan fingerprint density at radius 2 is 1.26 bits per heavy atom. The van der Waals surface area contributed by atoms with Crippen molar-refractivity contribution in [1.82, 2.24) is 0 Å². The molecule has 0 atom stereocenters. The quantitative estimate of drug-likeness (QED) is 0.697. The highest BCUT2D eigenvalue weighted by Crippen LogP contribution is 2.27. The summed E-state index contributed by atoms with van der Waals surface area (Å²) in [4.78, 5) is 19.2. The van der Waals surface area contributed by atoms with E-state index >= 15 is 0 Å². The average Bonchev–Trinajstić information content (AvgIpc) is 2.46. The van der Waals surface area contributed by atoms with Gasteiger partial charge in [-0.2, -0.15) is 0 Å². The third kappa shape index (κ3) is 2.19. The van der Waals surface area contributed by atoms with E-state index in [0.717, 1.165) is 21.9 Å². The Hall–Kier alpha value is -1.94. The molecule has 2 N–H and O–H groups in total. The summed E-state index contributed by atoms with van der Waals surface area (Å²) < 4.78 is 0. The maximum absolute atomic E-state index is 9.60. The van der Waals surface area contributed by atoms with E-state index in [-0.39, 0.29) is 0 Å². The van der Waals surface area contributed by atoms with Gasteiger partial charge < -0.3 is 9.59 Å². The zero-order valence-corrected chi connectivity index (χ0v) is 11.2. The highest BCUT2D eigenvalue weighted by molar-refractivity contribution is 6.60. The lowest BCUT2D eigenvalue weighted by atomic mass is 9.98. The van der Waals surface area contributed by atoms with Crippen LogP contribution in [0.2, 0.25) is 0 Å². The summed E-state index contributed by atoms with van der Waals surface area (Å²) in [6.07, 6.45) is 0. The lowest BCUT2D eigenvalue weighted by Gasteiger charge is -2.11. The van der Waals surface area contributed by atoms with Gasteiger partial charge in [-0.05, 0) is 21.9 Å². The number of hydrogen-bond donors (Lipinski definition) is 2. The molecular weight excluding hydrogens is 252 g/mol. The van der Waals surface area contributed by atoms with Gasteiger partial charge in [-0.25, -0.2) is 0 Å². The van der Waals surface area contributed by atoms with Crippen LogP contribution in [0.1, 0.15) is 0 Å². The van der Waals surface area contributed by atoms with Gasteiger partial charge in [-0.15, -0.1) is 0 Å². The van der Waals surface area contributed by atoms with E-state index < -0.39 is 9.28 Å². The SMILES string of the molecule is O[Si](O)c1ccccc1-c1cccc2ccccc12. The van der Waals surface area contributed by atoms with E-state index in [0.29, 0.717) is 5.19 Å². The van der Waals surface area contributed by atoms with Gasteiger partial charge in [0.1, 0.15) is 0 Å². The zero-order chi connectivity index (χ0) is 13.2. The monoisotopic (exact) mass is 265 g/mol.